The van der Waals surface area contributed by atoms with Gasteiger partial charge in [-0.3, -0.25) is 4.68 Å². The summed E-state index contributed by atoms with van der Waals surface area (Å²) in [6.07, 6.45) is 5.86. The molecule has 130 valence electrons. The van der Waals surface area contributed by atoms with Gasteiger partial charge >= 0.3 is 6.03 Å². The number of amides is 2. The molecule has 1 atom stereocenters. The highest BCUT2D eigenvalue weighted by molar-refractivity contribution is 7.09. The Kier molecular flexibility index (Phi) is 5.44. The summed E-state index contributed by atoms with van der Waals surface area (Å²) in [7, 11) is 0. The third-order valence-corrected chi connectivity index (χ3v) is 5.16. The van der Waals surface area contributed by atoms with Crippen LogP contribution in [-0.4, -0.2) is 43.8 Å². The van der Waals surface area contributed by atoms with Gasteiger partial charge in [-0.1, -0.05) is 0 Å². The van der Waals surface area contributed by atoms with Gasteiger partial charge in [-0.15, -0.1) is 11.3 Å². The maximum absolute atomic E-state index is 12.5. The number of hydrogen-bond donors (Lipinski definition) is 1. The molecule has 0 radical (unpaired) electrons. The molecule has 2 amide bonds. The molecule has 1 aliphatic heterocycles. The standard InChI is InChI=1S/C16H24N6OS/c1-12-19-13(2)22(20-12)10-5-7-18-16(23)21-9-4-3-6-14(21)15-17-8-11-24-15/h8,11,14H,3-7,9-10H2,1-2H3,(H,18,23)/t14-/m0/s1. The van der Waals surface area contributed by atoms with Crippen molar-refractivity contribution in [2.75, 3.05) is 13.1 Å². The van der Waals surface area contributed by atoms with Crippen molar-refractivity contribution in [3.63, 3.8) is 0 Å². The van der Waals surface area contributed by atoms with Crippen molar-refractivity contribution in [3.8, 4) is 0 Å². The number of likely N-dealkylation sites (tertiary alicyclic amines) is 1. The summed E-state index contributed by atoms with van der Waals surface area (Å²) >= 11 is 1.63. The van der Waals surface area contributed by atoms with E-state index in [9.17, 15) is 4.79 Å². The second-order valence-electron chi connectivity index (χ2n) is 6.09. The summed E-state index contributed by atoms with van der Waals surface area (Å²) in [5.74, 6) is 1.70. The van der Waals surface area contributed by atoms with Gasteiger partial charge in [0, 0.05) is 31.2 Å². The molecule has 3 rings (SSSR count). The van der Waals surface area contributed by atoms with Crippen LogP contribution in [0.5, 0.6) is 0 Å². The summed E-state index contributed by atoms with van der Waals surface area (Å²) in [4.78, 5) is 23.2. The molecule has 1 aliphatic rings. The molecule has 24 heavy (non-hydrogen) atoms. The van der Waals surface area contributed by atoms with Gasteiger partial charge in [0.05, 0.1) is 6.04 Å². The van der Waals surface area contributed by atoms with E-state index in [-0.39, 0.29) is 12.1 Å². The predicted octanol–water partition coefficient (Wildman–Crippen LogP) is 2.68. The molecule has 0 unspecified atom stereocenters. The van der Waals surface area contributed by atoms with E-state index in [1.165, 1.54) is 0 Å². The number of rotatable bonds is 5. The van der Waals surface area contributed by atoms with Gasteiger partial charge < -0.3 is 10.2 Å². The molecule has 1 N–H and O–H groups in total. The van der Waals surface area contributed by atoms with E-state index in [2.05, 4.69) is 20.4 Å². The summed E-state index contributed by atoms with van der Waals surface area (Å²) in [5, 5.41) is 10.4. The third-order valence-electron chi connectivity index (χ3n) is 4.29. The molecule has 8 heteroatoms. The smallest absolute Gasteiger partial charge is 0.317 e. The van der Waals surface area contributed by atoms with Crippen molar-refractivity contribution in [1.29, 1.82) is 0 Å². The van der Waals surface area contributed by atoms with Crippen LogP contribution in [-0.2, 0) is 6.54 Å². The first kappa shape index (κ1) is 16.9. The fourth-order valence-electron chi connectivity index (χ4n) is 3.13. The van der Waals surface area contributed by atoms with E-state index < -0.39 is 0 Å². The maximum Gasteiger partial charge on any atom is 0.317 e. The lowest BCUT2D eigenvalue weighted by Gasteiger charge is -2.34. The minimum absolute atomic E-state index is 0.0152. The largest absolute Gasteiger partial charge is 0.338 e. The van der Waals surface area contributed by atoms with Gasteiger partial charge in [0.15, 0.2) is 0 Å². The van der Waals surface area contributed by atoms with Crippen molar-refractivity contribution in [2.45, 2.75) is 52.1 Å². The van der Waals surface area contributed by atoms with Gasteiger partial charge in [-0.2, -0.15) is 5.10 Å². The van der Waals surface area contributed by atoms with Gasteiger partial charge in [-0.25, -0.2) is 14.8 Å². The lowest BCUT2D eigenvalue weighted by Crippen LogP contribution is -2.45. The second kappa shape index (κ2) is 7.74. The van der Waals surface area contributed by atoms with Crippen LogP contribution in [0, 0.1) is 13.8 Å². The Morgan fingerprint density at radius 2 is 2.29 bits per heavy atom. The average molecular weight is 348 g/mol. The van der Waals surface area contributed by atoms with Crippen molar-refractivity contribution in [3.05, 3.63) is 28.2 Å². The Morgan fingerprint density at radius 3 is 3.00 bits per heavy atom. The number of carbonyl (C=O) groups is 1. The van der Waals surface area contributed by atoms with E-state index in [1.807, 2.05) is 35.0 Å². The molecule has 0 aromatic carbocycles. The van der Waals surface area contributed by atoms with Crippen LogP contribution in [0.25, 0.3) is 0 Å². The third kappa shape index (κ3) is 3.92. The zero-order chi connectivity index (χ0) is 16.9. The number of piperidine rings is 1. The fraction of sp³-hybridized carbons (Fsp3) is 0.625. The monoisotopic (exact) mass is 348 g/mol. The average Bonchev–Trinajstić information content (AvgIpc) is 3.21. The molecule has 0 spiro atoms. The Hall–Kier alpha value is -1.96. The Labute approximate surface area is 146 Å². The number of urea groups is 1. The lowest BCUT2D eigenvalue weighted by molar-refractivity contribution is 0.151. The normalized spacial score (nSPS) is 17.9. The number of aryl methyl sites for hydroxylation is 3. The zero-order valence-corrected chi connectivity index (χ0v) is 15.1. The van der Waals surface area contributed by atoms with E-state index in [0.29, 0.717) is 6.54 Å². The molecule has 0 aliphatic carbocycles. The molecular formula is C16H24N6OS. The maximum atomic E-state index is 12.5. The van der Waals surface area contributed by atoms with Crippen molar-refractivity contribution in [2.24, 2.45) is 0 Å². The van der Waals surface area contributed by atoms with Crippen LogP contribution in [0.2, 0.25) is 0 Å². The van der Waals surface area contributed by atoms with Gasteiger partial charge in [0.25, 0.3) is 0 Å². The molecule has 0 saturated carbocycles. The SMILES string of the molecule is Cc1nc(C)n(CCCNC(=O)N2CCCC[C@H]2c2nccs2)n1. The first-order chi connectivity index (χ1) is 11.6. The number of hydrogen-bond acceptors (Lipinski definition) is 5. The van der Waals surface area contributed by atoms with Crippen molar-refractivity contribution >= 4 is 17.4 Å². The van der Waals surface area contributed by atoms with Gasteiger partial charge in [0.2, 0.25) is 0 Å². The quantitative estimate of drug-likeness (QED) is 0.843. The summed E-state index contributed by atoms with van der Waals surface area (Å²) in [6, 6.07) is 0.139. The number of thiazole rings is 1. The second-order valence-corrected chi connectivity index (χ2v) is 7.02. The Bertz CT molecular complexity index is 668. The van der Waals surface area contributed by atoms with Crippen LogP contribution in [0.1, 0.15) is 48.4 Å². The zero-order valence-electron chi connectivity index (χ0n) is 14.2. The molecule has 7 nitrogen and oxygen atoms in total. The summed E-state index contributed by atoms with van der Waals surface area (Å²) in [5.41, 5.74) is 0. The Morgan fingerprint density at radius 1 is 1.42 bits per heavy atom. The highest BCUT2D eigenvalue weighted by Crippen LogP contribution is 2.31. The Balaban J connectivity index is 1.49. The molecular weight excluding hydrogens is 324 g/mol. The van der Waals surface area contributed by atoms with Gasteiger partial charge in [0.1, 0.15) is 16.7 Å². The lowest BCUT2D eigenvalue weighted by atomic mass is 10.0. The molecule has 3 heterocycles. The van der Waals surface area contributed by atoms with Crippen molar-refractivity contribution < 1.29 is 4.79 Å². The predicted molar refractivity (Wildman–Crippen MR) is 92.9 cm³/mol. The van der Waals surface area contributed by atoms with E-state index >= 15 is 0 Å². The molecule has 2 aromatic heterocycles. The van der Waals surface area contributed by atoms with Crippen LogP contribution < -0.4 is 5.32 Å². The van der Waals surface area contributed by atoms with Gasteiger partial charge in [-0.05, 0) is 39.5 Å². The molecule has 2 aromatic rings. The van der Waals surface area contributed by atoms with Crippen LogP contribution in [0.4, 0.5) is 4.79 Å². The summed E-state index contributed by atoms with van der Waals surface area (Å²) < 4.78 is 1.89. The number of nitrogens with zero attached hydrogens (tertiary/aromatic N) is 5. The van der Waals surface area contributed by atoms with Crippen LogP contribution in [0.15, 0.2) is 11.6 Å². The topological polar surface area (TPSA) is 75.9 Å². The molecule has 0 bridgehead atoms. The van der Waals surface area contributed by atoms with Crippen molar-refractivity contribution in [1.82, 2.24) is 30.0 Å². The first-order valence-corrected chi connectivity index (χ1v) is 9.35. The number of carbonyl (C=O) groups excluding carboxylic acids is 1. The fourth-order valence-corrected chi connectivity index (χ4v) is 3.91. The van der Waals surface area contributed by atoms with Crippen LogP contribution >= 0.6 is 11.3 Å². The molecule has 1 saturated heterocycles. The van der Waals surface area contributed by atoms with E-state index in [1.54, 1.807) is 11.3 Å². The van der Waals surface area contributed by atoms with E-state index in [0.717, 1.165) is 55.4 Å². The molecule has 1 fully saturated rings. The highest BCUT2D eigenvalue weighted by Gasteiger charge is 2.29. The number of nitrogens with one attached hydrogen (secondary N) is 1. The van der Waals surface area contributed by atoms with E-state index in [4.69, 9.17) is 0 Å². The number of aromatic nitrogens is 4. The van der Waals surface area contributed by atoms with Crippen LogP contribution in [0.3, 0.4) is 0 Å². The highest BCUT2D eigenvalue weighted by atomic mass is 32.1. The minimum Gasteiger partial charge on any atom is -0.338 e. The summed E-state index contributed by atoms with van der Waals surface area (Å²) in [6.45, 7) is 6.05. The first-order valence-electron chi connectivity index (χ1n) is 8.47. The minimum atomic E-state index is 0.0152.